The van der Waals surface area contributed by atoms with E-state index in [9.17, 15) is 18.3 Å². The summed E-state index contributed by atoms with van der Waals surface area (Å²) in [6.45, 7) is 17.7. The lowest BCUT2D eigenvalue weighted by atomic mass is 9.97. The molecule has 2 aliphatic rings. The second-order valence-corrected chi connectivity index (χ2v) is 25.9. The van der Waals surface area contributed by atoms with Gasteiger partial charge in [-0.05, 0) is 53.4 Å². The Morgan fingerprint density at radius 2 is 1.57 bits per heavy atom. The van der Waals surface area contributed by atoms with Crippen molar-refractivity contribution in [2.24, 2.45) is 0 Å². The predicted molar refractivity (Wildman–Crippen MR) is 207 cm³/mol. The van der Waals surface area contributed by atoms with Crippen LogP contribution >= 0.6 is 0 Å². The van der Waals surface area contributed by atoms with Crippen LogP contribution in [0.2, 0.25) is 22.2 Å². The monoisotopic (exact) mass is 797 g/mol. The average Bonchev–Trinajstić information content (AvgIpc) is 3.66. The van der Waals surface area contributed by atoms with Gasteiger partial charge in [-0.1, -0.05) is 91.3 Å². The minimum Gasteiger partial charge on any atom is -0.414 e. The van der Waals surface area contributed by atoms with E-state index in [0.29, 0.717) is 5.56 Å². The van der Waals surface area contributed by atoms with Gasteiger partial charge >= 0.3 is 17.1 Å². The Morgan fingerprint density at radius 1 is 0.944 bits per heavy atom. The van der Waals surface area contributed by atoms with Gasteiger partial charge in [0.2, 0.25) is 0 Å². The van der Waals surface area contributed by atoms with Gasteiger partial charge in [-0.25, -0.2) is 15.0 Å². The number of nitrogens with one attached hydrogen (secondary N) is 1. The maximum atomic E-state index is 13.7. The van der Waals surface area contributed by atoms with Gasteiger partial charge < -0.3 is 28.1 Å². The molecule has 0 spiro atoms. The molecule has 0 aliphatic carbocycles. The average molecular weight is 798 g/mol. The van der Waals surface area contributed by atoms with Crippen molar-refractivity contribution >= 4 is 50.1 Å². The highest BCUT2D eigenvalue weighted by Crippen LogP contribution is 2.51. The van der Waals surface area contributed by atoms with Gasteiger partial charge in [-0.15, -0.1) is 0 Å². The summed E-state index contributed by atoms with van der Waals surface area (Å²) in [7, 11) is -10.8. The zero-order valence-electron chi connectivity index (χ0n) is 32.2. The molecule has 2 fully saturated rings. The first-order chi connectivity index (χ1) is 25.5. The van der Waals surface area contributed by atoms with E-state index in [1.165, 1.54) is 29.4 Å². The van der Waals surface area contributed by atoms with Crippen LogP contribution in [0.4, 0.5) is 5.82 Å². The van der Waals surface area contributed by atoms with Crippen LogP contribution in [-0.4, -0.2) is 87.1 Å². The Hall–Kier alpha value is -3.40. The number of fused-ring (bicyclic) bond motifs is 2. The number of imidazole rings is 1. The predicted octanol–water partition coefficient (Wildman–Crippen LogP) is 6.38. The van der Waals surface area contributed by atoms with Crippen LogP contribution in [0.5, 0.6) is 0 Å². The summed E-state index contributed by atoms with van der Waals surface area (Å²) < 4.78 is 63.3. The van der Waals surface area contributed by atoms with E-state index < -0.39 is 57.9 Å². The van der Waals surface area contributed by atoms with Gasteiger partial charge in [0, 0.05) is 5.56 Å². The number of hydrogen-bond acceptors (Lipinski definition) is 12. The lowest BCUT2D eigenvalue weighted by Gasteiger charge is -2.53. The van der Waals surface area contributed by atoms with Crippen molar-refractivity contribution in [2.45, 2.75) is 113 Å². The largest absolute Gasteiger partial charge is 0.414 e. The van der Waals surface area contributed by atoms with Crippen molar-refractivity contribution in [1.82, 2.24) is 19.5 Å². The fraction of sp³-hybridized carbons (Fsp3) is 0.514. The summed E-state index contributed by atoms with van der Waals surface area (Å²) in [6, 6.07) is 15.1. The van der Waals surface area contributed by atoms with E-state index in [1.54, 1.807) is 36.4 Å². The minimum atomic E-state index is -4.29. The van der Waals surface area contributed by atoms with Gasteiger partial charge in [0.15, 0.2) is 23.2 Å². The number of carbonyl (C=O) groups is 1. The number of nitrogens with zero attached hydrogens (tertiary/aromatic N) is 4. The molecular formula is C37H51N5O9SSi2. The summed E-state index contributed by atoms with van der Waals surface area (Å²) >= 11 is 0. The number of carbonyl (C=O) groups excluding carboxylic acids is 1. The van der Waals surface area contributed by atoms with Crippen molar-refractivity contribution in [1.29, 1.82) is 0 Å². The molecule has 1 unspecified atom stereocenters. The molecule has 2 saturated heterocycles. The molecule has 0 radical (unpaired) electrons. The molecule has 1 amide bonds. The molecule has 14 nitrogen and oxygen atoms in total. The molecule has 2 aromatic heterocycles. The lowest BCUT2D eigenvalue weighted by Crippen LogP contribution is -2.69. The van der Waals surface area contributed by atoms with E-state index in [2.05, 4.69) is 75.7 Å². The van der Waals surface area contributed by atoms with Gasteiger partial charge in [0.05, 0.1) is 17.8 Å². The van der Waals surface area contributed by atoms with Crippen molar-refractivity contribution in [3.05, 3.63) is 78.4 Å². The topological polar surface area (TPSA) is 173 Å². The summed E-state index contributed by atoms with van der Waals surface area (Å²) in [6.07, 6.45) is -1.02. The van der Waals surface area contributed by atoms with E-state index in [0.717, 1.165) is 5.56 Å². The lowest BCUT2D eigenvalue weighted by molar-refractivity contribution is -0.148. The first-order valence-electron chi connectivity index (χ1n) is 18.3. The van der Waals surface area contributed by atoms with Gasteiger partial charge in [-0.2, -0.15) is 8.42 Å². The molecule has 54 heavy (non-hydrogen) atoms. The Balaban J connectivity index is 1.46. The Labute approximate surface area is 319 Å². The van der Waals surface area contributed by atoms with Crippen LogP contribution in [0.1, 0.15) is 77.5 Å². The number of amides is 1. The number of anilines is 1. The number of rotatable bonds is 11. The van der Waals surface area contributed by atoms with Gasteiger partial charge in [0.25, 0.3) is 16.0 Å². The van der Waals surface area contributed by atoms with Crippen molar-refractivity contribution in [3.63, 3.8) is 0 Å². The summed E-state index contributed by atoms with van der Waals surface area (Å²) in [5.74, 6) is -0.221. The number of aromatic nitrogens is 4. The second-order valence-electron chi connectivity index (χ2n) is 15.5. The highest BCUT2D eigenvalue weighted by molar-refractivity contribution is 7.86. The third-order valence-electron chi connectivity index (χ3n) is 10.5. The van der Waals surface area contributed by atoms with Crippen molar-refractivity contribution < 1.29 is 40.2 Å². The zero-order valence-corrected chi connectivity index (χ0v) is 35.0. The molecule has 292 valence electrons. The zero-order chi connectivity index (χ0) is 39.2. The quantitative estimate of drug-likeness (QED) is 0.127. The smallest absolute Gasteiger partial charge is 0.335 e. The molecule has 0 bridgehead atoms. The molecule has 2 aromatic carbocycles. The molecule has 6 rings (SSSR count). The van der Waals surface area contributed by atoms with E-state index in [1.807, 2.05) is 13.0 Å². The van der Waals surface area contributed by atoms with Crippen molar-refractivity contribution in [2.75, 3.05) is 18.5 Å². The van der Waals surface area contributed by atoms with Gasteiger partial charge in [0.1, 0.15) is 30.7 Å². The molecule has 4 aromatic rings. The maximum absolute atomic E-state index is 13.7. The fourth-order valence-corrected chi connectivity index (χ4v) is 19.8. The fourth-order valence-electron chi connectivity index (χ4n) is 7.51. The third-order valence-corrected chi connectivity index (χ3v) is 22.0. The van der Waals surface area contributed by atoms with Crippen LogP contribution in [0.25, 0.3) is 11.2 Å². The Bertz CT molecular complexity index is 2050. The molecule has 2 aliphatic heterocycles. The number of aryl methyl sites for hydroxylation is 1. The van der Waals surface area contributed by atoms with E-state index in [-0.39, 0.29) is 56.6 Å². The summed E-state index contributed by atoms with van der Waals surface area (Å²) in [4.78, 5) is 26.3. The molecule has 0 saturated carbocycles. The maximum Gasteiger partial charge on any atom is 0.335 e. The van der Waals surface area contributed by atoms with Crippen LogP contribution in [-0.2, 0) is 32.0 Å². The van der Waals surface area contributed by atoms with Crippen LogP contribution in [0, 0.1) is 6.92 Å². The standard InChI is InChI=1S/C37H51N5O9SSi2/c1-23(2)53(24(3)4)48-20-37(19-47-52(45,46)29-17-15-27(9)16-18-29)32(50-54(51-53,25(5)6)26(7)8)31(43)36(49-37)42-22-40-30-33(38-21-39-34(30)42)41-35(44)28-13-11-10-12-14-28/h10-18,21-26,31-32,36,43H,19-20H2,1-9H3,(H,38,39,41,44)/t31-,32+,36?,37-/m1/s1. The van der Waals surface area contributed by atoms with Gasteiger partial charge in [-0.3, -0.25) is 13.5 Å². The van der Waals surface area contributed by atoms with E-state index >= 15 is 0 Å². The van der Waals surface area contributed by atoms with Crippen LogP contribution < -0.4 is 5.32 Å². The van der Waals surface area contributed by atoms with Crippen LogP contribution in [0.3, 0.4) is 0 Å². The highest BCUT2D eigenvalue weighted by atomic mass is 32.2. The summed E-state index contributed by atoms with van der Waals surface area (Å²) in [5.41, 5.74) is -0.0129. The van der Waals surface area contributed by atoms with Crippen LogP contribution in [0.15, 0.2) is 72.1 Å². The number of ether oxygens (including phenoxy) is 1. The molecule has 17 heteroatoms. The Kier molecular flexibility index (Phi) is 11.4. The molecule has 4 atom stereocenters. The van der Waals surface area contributed by atoms with E-state index in [4.69, 9.17) is 21.9 Å². The SMILES string of the molecule is Cc1ccc(S(=O)(=O)OC[C@@]23CO[Si](C(C)C)(C(C)C)O[Si](C(C)C)(C(C)C)O[C@H]2[C@@H](O)C(n2cnc4c(NC(=O)c5ccccc5)ncnc42)O3)cc1. The molecular weight excluding hydrogens is 747 g/mol. The summed E-state index contributed by atoms with van der Waals surface area (Å²) in [5, 5.41) is 15.2. The number of benzene rings is 2. The highest BCUT2D eigenvalue weighted by Gasteiger charge is 2.66. The number of aliphatic hydroxyl groups is 1. The second kappa shape index (κ2) is 15.3. The first-order valence-corrected chi connectivity index (χ1v) is 23.7. The Morgan fingerprint density at radius 3 is 2.19 bits per heavy atom. The first kappa shape index (κ1) is 40.3. The van der Waals surface area contributed by atoms with Crippen molar-refractivity contribution in [3.8, 4) is 0 Å². The minimum absolute atomic E-state index is 0.0165. The molecule has 4 heterocycles. The number of aliphatic hydroxyl groups excluding tert-OH is 1. The number of hydrogen-bond donors (Lipinski definition) is 2. The third kappa shape index (κ3) is 7.21. The molecule has 2 N–H and O–H groups in total. The normalized spacial score (nSPS) is 24.2.